The van der Waals surface area contributed by atoms with E-state index in [1.807, 2.05) is 23.0 Å². The molecule has 0 spiro atoms. The second-order valence-corrected chi connectivity index (χ2v) is 6.94. The molecule has 0 aromatic heterocycles. The largest absolute Gasteiger partial charge is 0.378 e. The van der Waals surface area contributed by atoms with Gasteiger partial charge in [0.15, 0.2) is 0 Å². The van der Waals surface area contributed by atoms with E-state index in [1.165, 1.54) is 48.9 Å². The lowest BCUT2D eigenvalue weighted by atomic mass is 9.77. The van der Waals surface area contributed by atoms with Gasteiger partial charge in [0.2, 0.25) is 0 Å². The van der Waals surface area contributed by atoms with Gasteiger partial charge in [0.1, 0.15) is 23.0 Å². The van der Waals surface area contributed by atoms with E-state index in [-0.39, 0.29) is 0 Å². The molecule has 1 aromatic rings. The van der Waals surface area contributed by atoms with Crippen LogP contribution in [0.2, 0.25) is 0 Å². The Morgan fingerprint density at radius 3 is 2.45 bits per heavy atom. The van der Waals surface area contributed by atoms with E-state index in [2.05, 4.69) is 44.1 Å². The Balaban J connectivity index is 1.99. The van der Waals surface area contributed by atoms with E-state index in [0.717, 1.165) is 18.4 Å². The van der Waals surface area contributed by atoms with Crippen LogP contribution in [0, 0.1) is 12.8 Å². The average Bonchev–Trinajstić information content (AvgIpc) is 2.45. The van der Waals surface area contributed by atoms with Crippen LogP contribution >= 0.6 is 23.0 Å². The summed E-state index contributed by atoms with van der Waals surface area (Å²) in [6, 6.07) is 7.03. The predicted octanol–water partition coefficient (Wildman–Crippen LogP) is 5.09. The van der Waals surface area contributed by atoms with E-state index in [0.29, 0.717) is 0 Å². The second-order valence-electron chi connectivity index (χ2n) is 6.32. The number of hydrogen-bond acceptors (Lipinski definition) is 2. The summed E-state index contributed by atoms with van der Waals surface area (Å²) in [6.07, 6.45) is 6.61. The maximum atomic E-state index is 5.18. The first-order valence-electron chi connectivity index (χ1n) is 7.62. The Bertz CT molecular complexity index is 425. The molecule has 1 aliphatic rings. The molecule has 1 aromatic carbocycles. The van der Waals surface area contributed by atoms with Gasteiger partial charge in [-0.1, -0.05) is 6.07 Å². The molecule has 3 heteroatoms. The second kappa shape index (κ2) is 7.64. The van der Waals surface area contributed by atoms with Crippen LogP contribution in [0.15, 0.2) is 18.2 Å². The highest BCUT2D eigenvalue weighted by Gasteiger charge is 2.22. The number of hydrogen-bond donors (Lipinski definition) is 0. The van der Waals surface area contributed by atoms with E-state index in [1.54, 1.807) is 0 Å². The van der Waals surface area contributed by atoms with Crippen LogP contribution in [0.25, 0.3) is 0 Å². The molecule has 0 amide bonds. The van der Waals surface area contributed by atoms with Crippen LogP contribution in [0.5, 0.6) is 0 Å². The van der Waals surface area contributed by atoms with Gasteiger partial charge >= 0.3 is 0 Å². The first-order valence-corrected chi connectivity index (χ1v) is 8.50. The summed E-state index contributed by atoms with van der Waals surface area (Å²) < 4.78 is 5.18. The summed E-state index contributed by atoms with van der Waals surface area (Å²) in [5, 5.41) is 0. The molecular weight excluding hydrogens is 361 g/mol. The minimum atomic E-state index is 0.755. The Labute approximate surface area is 137 Å². The normalized spacial score (nSPS) is 22.8. The molecule has 0 bridgehead atoms. The lowest BCUT2D eigenvalue weighted by molar-refractivity contribution is 0.271. The number of rotatable bonds is 5. The number of halogens is 1. The van der Waals surface area contributed by atoms with Crippen molar-refractivity contribution in [3.8, 4) is 0 Å². The van der Waals surface area contributed by atoms with Crippen LogP contribution in [-0.4, -0.2) is 20.7 Å². The van der Waals surface area contributed by atoms with Gasteiger partial charge in [-0.15, -0.1) is 0 Å². The van der Waals surface area contributed by atoms with Crippen molar-refractivity contribution in [2.75, 3.05) is 25.6 Å². The predicted molar refractivity (Wildman–Crippen MR) is 94.8 cm³/mol. The highest BCUT2D eigenvalue weighted by Crippen LogP contribution is 2.38. The third kappa shape index (κ3) is 4.35. The SMILES string of the molecule is Cc1cc(C2CCC(CCOI)CC2)cc(N(C)C)c1. The molecule has 0 N–H and O–H groups in total. The minimum absolute atomic E-state index is 0.755. The maximum Gasteiger partial charge on any atom is 0.109 e. The van der Waals surface area contributed by atoms with Crippen molar-refractivity contribution in [1.82, 2.24) is 0 Å². The molecule has 1 fully saturated rings. The Kier molecular flexibility index (Phi) is 6.15. The van der Waals surface area contributed by atoms with E-state index >= 15 is 0 Å². The minimum Gasteiger partial charge on any atom is -0.378 e. The summed E-state index contributed by atoms with van der Waals surface area (Å²) >= 11 is 2.01. The van der Waals surface area contributed by atoms with Gasteiger partial charge in [-0.25, -0.2) is 0 Å². The number of benzene rings is 1. The Hall–Kier alpha value is -0.290. The quantitative estimate of drug-likeness (QED) is 0.653. The van der Waals surface area contributed by atoms with Crippen molar-refractivity contribution >= 4 is 28.7 Å². The molecule has 0 heterocycles. The summed E-state index contributed by atoms with van der Waals surface area (Å²) in [7, 11) is 4.25. The third-order valence-corrected chi connectivity index (χ3v) is 4.96. The van der Waals surface area contributed by atoms with Crippen LogP contribution in [0.1, 0.15) is 49.1 Å². The molecule has 1 aliphatic carbocycles. The van der Waals surface area contributed by atoms with Crippen molar-refractivity contribution in [3.63, 3.8) is 0 Å². The smallest absolute Gasteiger partial charge is 0.109 e. The molecule has 0 aliphatic heterocycles. The maximum absolute atomic E-state index is 5.18. The van der Waals surface area contributed by atoms with Crippen molar-refractivity contribution in [3.05, 3.63) is 29.3 Å². The molecule has 2 rings (SSSR count). The fourth-order valence-corrected chi connectivity index (χ4v) is 3.54. The van der Waals surface area contributed by atoms with E-state index in [9.17, 15) is 0 Å². The number of nitrogens with zero attached hydrogens (tertiary/aromatic N) is 1. The van der Waals surface area contributed by atoms with Crippen LogP contribution in [0.4, 0.5) is 5.69 Å². The average molecular weight is 387 g/mol. The van der Waals surface area contributed by atoms with Crippen molar-refractivity contribution in [1.29, 1.82) is 0 Å². The Morgan fingerprint density at radius 2 is 1.85 bits per heavy atom. The summed E-state index contributed by atoms with van der Waals surface area (Å²) in [6.45, 7) is 3.12. The molecule has 112 valence electrons. The Morgan fingerprint density at radius 1 is 1.15 bits per heavy atom. The van der Waals surface area contributed by atoms with Gasteiger partial charge in [0, 0.05) is 19.8 Å². The summed E-state index contributed by atoms with van der Waals surface area (Å²) in [4.78, 5) is 2.21. The molecule has 1 saturated carbocycles. The van der Waals surface area contributed by atoms with Gasteiger partial charge in [-0.05, 0) is 74.1 Å². The molecular formula is C17H26INO. The molecule has 0 radical (unpaired) electrons. The highest BCUT2D eigenvalue weighted by molar-refractivity contribution is 14.1. The lowest BCUT2D eigenvalue weighted by Crippen LogP contribution is -2.15. The number of aryl methyl sites for hydroxylation is 1. The molecule has 0 saturated heterocycles. The van der Waals surface area contributed by atoms with Crippen molar-refractivity contribution in [2.45, 2.75) is 44.9 Å². The molecule has 0 unspecified atom stereocenters. The zero-order valence-corrected chi connectivity index (χ0v) is 15.0. The lowest BCUT2D eigenvalue weighted by Gasteiger charge is -2.29. The van der Waals surface area contributed by atoms with Gasteiger partial charge < -0.3 is 7.97 Å². The molecule has 20 heavy (non-hydrogen) atoms. The van der Waals surface area contributed by atoms with E-state index < -0.39 is 0 Å². The van der Waals surface area contributed by atoms with Crippen LogP contribution < -0.4 is 4.90 Å². The summed E-state index contributed by atoms with van der Waals surface area (Å²) in [5.41, 5.74) is 4.25. The van der Waals surface area contributed by atoms with Crippen LogP contribution in [0.3, 0.4) is 0 Å². The molecule has 2 nitrogen and oxygen atoms in total. The van der Waals surface area contributed by atoms with Crippen LogP contribution in [-0.2, 0) is 3.07 Å². The fraction of sp³-hybridized carbons (Fsp3) is 0.647. The van der Waals surface area contributed by atoms with Gasteiger partial charge in [-0.3, -0.25) is 0 Å². The van der Waals surface area contributed by atoms with Gasteiger partial charge in [0.05, 0.1) is 6.61 Å². The summed E-state index contributed by atoms with van der Waals surface area (Å²) in [5.74, 6) is 1.63. The topological polar surface area (TPSA) is 12.5 Å². The van der Waals surface area contributed by atoms with Crippen molar-refractivity contribution in [2.24, 2.45) is 5.92 Å². The van der Waals surface area contributed by atoms with Crippen molar-refractivity contribution < 1.29 is 3.07 Å². The standard InChI is InChI=1S/C17H26INO/c1-13-10-16(12-17(11-13)19(2)3)15-6-4-14(5-7-15)8-9-20-18/h10-12,14-15H,4-9H2,1-3H3. The zero-order valence-electron chi connectivity index (χ0n) is 12.9. The fourth-order valence-electron chi connectivity index (χ4n) is 3.28. The number of anilines is 1. The molecule has 0 atom stereocenters. The van der Waals surface area contributed by atoms with E-state index in [4.69, 9.17) is 3.07 Å². The zero-order chi connectivity index (χ0) is 14.5. The monoisotopic (exact) mass is 387 g/mol. The first-order chi connectivity index (χ1) is 9.60. The third-order valence-electron chi connectivity index (χ3n) is 4.52. The first kappa shape index (κ1) is 16.1. The van der Waals surface area contributed by atoms with Gasteiger partial charge in [-0.2, -0.15) is 0 Å². The highest BCUT2D eigenvalue weighted by atomic mass is 127. The van der Waals surface area contributed by atoms with Gasteiger partial charge in [0.25, 0.3) is 0 Å².